The molecule has 0 saturated carbocycles. The fraction of sp³-hybridized carbons (Fsp3) is 0.636. The Balaban J connectivity index is 1.53. The number of piperidine rings is 1. The molecule has 0 radical (unpaired) electrons. The first kappa shape index (κ1) is 21.9. The highest BCUT2D eigenvalue weighted by Crippen LogP contribution is 2.22. The maximum Gasteiger partial charge on any atom is 0.410 e. The molecule has 2 fully saturated rings. The van der Waals surface area contributed by atoms with Gasteiger partial charge in [-0.25, -0.2) is 4.79 Å². The Morgan fingerprint density at radius 1 is 0.966 bits per heavy atom. The third-order valence-electron chi connectivity index (χ3n) is 5.36. The number of hydrogen-bond donors (Lipinski definition) is 0. The van der Waals surface area contributed by atoms with Gasteiger partial charge in [0.2, 0.25) is 0 Å². The molecular formula is C22H32ClN3O3. The van der Waals surface area contributed by atoms with Gasteiger partial charge in [-0.15, -0.1) is 0 Å². The number of rotatable bonds is 3. The number of carbonyl (C=O) groups is 2. The van der Waals surface area contributed by atoms with Gasteiger partial charge in [0.25, 0.3) is 5.91 Å². The number of amides is 2. The Morgan fingerprint density at radius 3 is 2.21 bits per heavy atom. The van der Waals surface area contributed by atoms with Crippen molar-refractivity contribution in [2.75, 3.05) is 39.3 Å². The second-order valence-electron chi connectivity index (χ2n) is 8.90. The van der Waals surface area contributed by atoms with E-state index in [-0.39, 0.29) is 12.0 Å². The van der Waals surface area contributed by atoms with E-state index in [9.17, 15) is 9.59 Å². The number of ether oxygens (including phenoxy) is 1. The molecule has 160 valence electrons. The molecule has 2 amide bonds. The lowest BCUT2D eigenvalue weighted by Gasteiger charge is -2.35. The predicted octanol–water partition coefficient (Wildman–Crippen LogP) is 4.02. The van der Waals surface area contributed by atoms with E-state index in [1.165, 1.54) is 6.42 Å². The third-order valence-corrected chi connectivity index (χ3v) is 5.71. The molecule has 0 N–H and O–H groups in total. The van der Waals surface area contributed by atoms with Crippen LogP contribution in [0.15, 0.2) is 18.2 Å². The van der Waals surface area contributed by atoms with E-state index < -0.39 is 5.60 Å². The lowest BCUT2D eigenvalue weighted by Crippen LogP contribution is -2.49. The van der Waals surface area contributed by atoms with Crippen molar-refractivity contribution in [1.29, 1.82) is 0 Å². The lowest BCUT2D eigenvalue weighted by atomic mass is 10.1. The quantitative estimate of drug-likeness (QED) is 0.739. The molecule has 0 atom stereocenters. The molecule has 2 saturated heterocycles. The largest absolute Gasteiger partial charge is 0.444 e. The third kappa shape index (κ3) is 6.09. The van der Waals surface area contributed by atoms with Crippen molar-refractivity contribution in [2.45, 2.75) is 52.2 Å². The van der Waals surface area contributed by atoms with Crippen LogP contribution in [-0.4, -0.2) is 71.6 Å². The van der Waals surface area contributed by atoms with Crippen molar-refractivity contribution in [3.63, 3.8) is 0 Å². The van der Waals surface area contributed by atoms with Gasteiger partial charge in [-0.2, -0.15) is 0 Å². The zero-order valence-corrected chi connectivity index (χ0v) is 18.5. The summed E-state index contributed by atoms with van der Waals surface area (Å²) < 4.78 is 5.45. The van der Waals surface area contributed by atoms with Crippen LogP contribution in [-0.2, 0) is 11.3 Å². The van der Waals surface area contributed by atoms with Gasteiger partial charge in [0.15, 0.2) is 0 Å². The monoisotopic (exact) mass is 421 g/mol. The molecule has 7 heteroatoms. The van der Waals surface area contributed by atoms with Gasteiger partial charge in [0.1, 0.15) is 5.60 Å². The molecule has 3 rings (SSSR count). The first-order valence-corrected chi connectivity index (χ1v) is 10.9. The van der Waals surface area contributed by atoms with Crippen LogP contribution in [0.5, 0.6) is 0 Å². The summed E-state index contributed by atoms with van der Waals surface area (Å²) in [5, 5.41) is 0.627. The predicted molar refractivity (Wildman–Crippen MR) is 114 cm³/mol. The number of piperazine rings is 1. The highest BCUT2D eigenvalue weighted by Gasteiger charge is 2.26. The number of nitrogens with zero attached hydrogens (tertiary/aromatic N) is 3. The zero-order valence-electron chi connectivity index (χ0n) is 17.7. The highest BCUT2D eigenvalue weighted by molar-refractivity contribution is 6.31. The summed E-state index contributed by atoms with van der Waals surface area (Å²) in [7, 11) is 0. The van der Waals surface area contributed by atoms with Crippen molar-refractivity contribution in [2.24, 2.45) is 0 Å². The highest BCUT2D eigenvalue weighted by atomic mass is 35.5. The van der Waals surface area contributed by atoms with Crippen LogP contribution >= 0.6 is 11.6 Å². The van der Waals surface area contributed by atoms with Gasteiger partial charge in [-0.05, 0) is 57.7 Å². The van der Waals surface area contributed by atoms with E-state index in [2.05, 4.69) is 4.90 Å². The minimum Gasteiger partial charge on any atom is -0.444 e. The van der Waals surface area contributed by atoms with Crippen LogP contribution in [0, 0.1) is 0 Å². The molecule has 2 aliphatic heterocycles. The Hall–Kier alpha value is -1.79. The van der Waals surface area contributed by atoms with E-state index in [0.29, 0.717) is 30.2 Å². The van der Waals surface area contributed by atoms with E-state index in [1.54, 1.807) is 11.0 Å². The van der Waals surface area contributed by atoms with Gasteiger partial charge in [0.05, 0.1) is 0 Å². The molecule has 2 aliphatic rings. The number of likely N-dealkylation sites (tertiary alicyclic amines) is 1. The molecule has 1 aromatic carbocycles. The van der Waals surface area contributed by atoms with Crippen molar-refractivity contribution >= 4 is 23.6 Å². The molecule has 0 aromatic heterocycles. The van der Waals surface area contributed by atoms with Gasteiger partial charge in [-0.3, -0.25) is 9.69 Å². The number of hydrogen-bond acceptors (Lipinski definition) is 4. The SMILES string of the molecule is CC(C)(C)OC(=O)N1CCN(Cc2ccc(C(=O)N3CCCCC3)cc2Cl)CC1. The molecule has 0 aliphatic carbocycles. The van der Waals surface area contributed by atoms with E-state index >= 15 is 0 Å². The standard InChI is InChI=1S/C22H32ClN3O3/c1-22(2,3)29-21(28)26-13-11-24(12-14-26)16-18-8-7-17(15-19(18)23)20(27)25-9-5-4-6-10-25/h7-8,15H,4-6,9-14,16H2,1-3H3. The average molecular weight is 422 g/mol. The summed E-state index contributed by atoms with van der Waals surface area (Å²) in [6.07, 6.45) is 3.10. The Kier molecular flexibility index (Phi) is 7.06. The molecule has 1 aromatic rings. The van der Waals surface area contributed by atoms with Gasteiger partial charge in [0, 0.05) is 56.4 Å². The molecule has 29 heavy (non-hydrogen) atoms. The van der Waals surface area contributed by atoms with Crippen LogP contribution in [0.25, 0.3) is 0 Å². The Bertz CT molecular complexity index is 733. The molecule has 0 spiro atoms. The number of benzene rings is 1. The maximum atomic E-state index is 12.7. The van der Waals surface area contributed by atoms with Gasteiger partial charge in [-0.1, -0.05) is 17.7 Å². The minimum atomic E-state index is -0.477. The maximum absolute atomic E-state index is 12.7. The molecular weight excluding hydrogens is 390 g/mol. The van der Waals surface area contributed by atoms with Gasteiger partial charge < -0.3 is 14.5 Å². The topological polar surface area (TPSA) is 53.1 Å². The molecule has 2 heterocycles. The first-order valence-electron chi connectivity index (χ1n) is 10.5. The summed E-state index contributed by atoms with van der Waals surface area (Å²) in [5.74, 6) is 0.0733. The summed E-state index contributed by atoms with van der Waals surface area (Å²) >= 11 is 6.50. The van der Waals surface area contributed by atoms with Crippen LogP contribution in [0.1, 0.15) is 56.0 Å². The summed E-state index contributed by atoms with van der Waals surface area (Å²) in [6, 6.07) is 5.64. The van der Waals surface area contributed by atoms with Crippen LogP contribution in [0.2, 0.25) is 5.02 Å². The Labute approximate surface area is 178 Å². The van der Waals surface area contributed by atoms with Crippen molar-refractivity contribution < 1.29 is 14.3 Å². The molecule has 6 nitrogen and oxygen atoms in total. The normalized spacial score (nSPS) is 18.6. The molecule has 0 bridgehead atoms. The second-order valence-corrected chi connectivity index (χ2v) is 9.31. The summed E-state index contributed by atoms with van der Waals surface area (Å²) in [4.78, 5) is 30.8. The van der Waals surface area contributed by atoms with Crippen LogP contribution < -0.4 is 0 Å². The lowest BCUT2D eigenvalue weighted by molar-refractivity contribution is 0.0139. The zero-order chi connectivity index (χ0) is 21.0. The van der Waals surface area contributed by atoms with Crippen molar-refractivity contribution in [3.05, 3.63) is 34.3 Å². The number of carbonyl (C=O) groups excluding carboxylic acids is 2. The summed E-state index contributed by atoms with van der Waals surface area (Å²) in [5.41, 5.74) is 1.19. The minimum absolute atomic E-state index is 0.0733. The average Bonchev–Trinajstić information content (AvgIpc) is 2.69. The fourth-order valence-electron chi connectivity index (χ4n) is 3.74. The van der Waals surface area contributed by atoms with Crippen LogP contribution in [0.3, 0.4) is 0 Å². The fourth-order valence-corrected chi connectivity index (χ4v) is 3.98. The van der Waals surface area contributed by atoms with E-state index in [1.807, 2.05) is 37.8 Å². The van der Waals surface area contributed by atoms with Crippen LogP contribution in [0.4, 0.5) is 4.79 Å². The number of halogens is 1. The van der Waals surface area contributed by atoms with Gasteiger partial charge >= 0.3 is 6.09 Å². The Morgan fingerprint density at radius 2 is 1.62 bits per heavy atom. The van der Waals surface area contributed by atoms with E-state index in [0.717, 1.165) is 44.6 Å². The summed E-state index contributed by atoms with van der Waals surface area (Å²) in [6.45, 7) is 10.8. The van der Waals surface area contributed by atoms with Crippen molar-refractivity contribution in [3.8, 4) is 0 Å². The smallest absolute Gasteiger partial charge is 0.410 e. The van der Waals surface area contributed by atoms with E-state index in [4.69, 9.17) is 16.3 Å². The second kappa shape index (κ2) is 9.35. The van der Waals surface area contributed by atoms with Crippen molar-refractivity contribution in [1.82, 2.24) is 14.7 Å². The molecule has 0 unspecified atom stereocenters. The first-order chi connectivity index (χ1) is 13.7.